The fourth-order valence-corrected chi connectivity index (χ4v) is 4.05. The van der Waals surface area contributed by atoms with E-state index in [1.54, 1.807) is 0 Å². The molecule has 0 amide bonds. The Morgan fingerprint density at radius 1 is 1.25 bits per heavy atom. The van der Waals surface area contributed by atoms with Gasteiger partial charge in [0.25, 0.3) is 0 Å². The van der Waals surface area contributed by atoms with Crippen LogP contribution in [0.2, 0.25) is 0 Å². The van der Waals surface area contributed by atoms with Crippen LogP contribution in [0.4, 0.5) is 8.78 Å². The fraction of sp³-hybridized carbons (Fsp3) is 0.625. The van der Waals surface area contributed by atoms with Gasteiger partial charge in [-0.3, -0.25) is 4.90 Å². The zero-order valence-corrected chi connectivity index (χ0v) is 12.1. The second-order valence-corrected chi connectivity index (χ2v) is 6.13. The first-order chi connectivity index (χ1) is 9.60. The maximum absolute atomic E-state index is 13.4. The van der Waals surface area contributed by atoms with Gasteiger partial charge in [0.2, 0.25) is 0 Å². The number of halogens is 2. The summed E-state index contributed by atoms with van der Waals surface area (Å²) in [6.45, 7) is 7.43. The van der Waals surface area contributed by atoms with Crippen molar-refractivity contribution in [3.63, 3.8) is 0 Å². The number of hydrogen-bond acceptors (Lipinski definition) is 2. The lowest BCUT2D eigenvalue weighted by atomic mass is 9.92. The highest BCUT2D eigenvalue weighted by atomic mass is 19.1. The Morgan fingerprint density at radius 3 is 2.60 bits per heavy atom. The molecule has 1 aromatic rings. The van der Waals surface area contributed by atoms with Gasteiger partial charge in [-0.15, -0.1) is 0 Å². The normalized spacial score (nSPS) is 31.5. The molecule has 0 radical (unpaired) electrons. The highest BCUT2D eigenvalue weighted by Gasteiger charge is 2.44. The van der Waals surface area contributed by atoms with Crippen LogP contribution in [-0.4, -0.2) is 30.6 Å². The predicted molar refractivity (Wildman–Crippen MR) is 75.4 cm³/mol. The summed E-state index contributed by atoms with van der Waals surface area (Å²) < 4.78 is 26.8. The zero-order chi connectivity index (χ0) is 14.3. The molecule has 1 N–H and O–H groups in total. The first-order valence-electron chi connectivity index (χ1n) is 7.52. The van der Waals surface area contributed by atoms with Gasteiger partial charge >= 0.3 is 0 Å². The number of rotatable bonds is 3. The molecule has 2 fully saturated rings. The van der Waals surface area contributed by atoms with Gasteiger partial charge in [0.15, 0.2) is 0 Å². The van der Waals surface area contributed by atoms with Crippen LogP contribution in [0.25, 0.3) is 0 Å². The van der Waals surface area contributed by atoms with Crippen LogP contribution in [0.5, 0.6) is 0 Å². The molecule has 0 bridgehead atoms. The Labute approximate surface area is 119 Å². The van der Waals surface area contributed by atoms with Gasteiger partial charge in [-0.05, 0) is 56.0 Å². The standard InChI is InChI=1S/C16H22F2N2/c1-3-16-15-8-19-7-12(15)9-20(16)10(2)11-4-13(17)6-14(18)5-11/h4-6,10,12,15-16,19H,3,7-9H2,1-2H3. The van der Waals surface area contributed by atoms with E-state index in [1.165, 1.54) is 12.1 Å². The van der Waals surface area contributed by atoms with Crippen LogP contribution in [0.1, 0.15) is 31.9 Å². The number of benzene rings is 1. The average Bonchev–Trinajstić information content (AvgIpc) is 2.96. The lowest BCUT2D eigenvalue weighted by molar-refractivity contribution is 0.165. The SMILES string of the molecule is CCC1C2CNCC2CN1C(C)c1cc(F)cc(F)c1. The van der Waals surface area contributed by atoms with Crippen LogP contribution in [0.3, 0.4) is 0 Å². The summed E-state index contributed by atoms with van der Waals surface area (Å²) in [5, 5.41) is 3.46. The van der Waals surface area contributed by atoms with E-state index >= 15 is 0 Å². The number of hydrogen-bond donors (Lipinski definition) is 1. The zero-order valence-electron chi connectivity index (χ0n) is 12.1. The number of nitrogens with zero attached hydrogens (tertiary/aromatic N) is 1. The lowest BCUT2D eigenvalue weighted by Gasteiger charge is -2.32. The van der Waals surface area contributed by atoms with Crippen LogP contribution in [0.15, 0.2) is 18.2 Å². The third kappa shape index (κ3) is 2.35. The highest BCUT2D eigenvalue weighted by Crippen LogP contribution is 2.39. The molecule has 0 aliphatic carbocycles. The summed E-state index contributed by atoms with van der Waals surface area (Å²) in [4.78, 5) is 2.43. The van der Waals surface area contributed by atoms with Gasteiger partial charge in [-0.2, -0.15) is 0 Å². The van der Waals surface area contributed by atoms with Crippen LogP contribution >= 0.6 is 0 Å². The Kier molecular flexibility index (Phi) is 3.78. The van der Waals surface area contributed by atoms with E-state index in [0.29, 0.717) is 17.9 Å². The molecule has 2 aliphatic heterocycles. The van der Waals surface area contributed by atoms with Crippen molar-refractivity contribution in [1.29, 1.82) is 0 Å². The van der Waals surface area contributed by atoms with Gasteiger partial charge in [-0.25, -0.2) is 8.78 Å². The maximum atomic E-state index is 13.4. The van der Waals surface area contributed by atoms with Crippen molar-refractivity contribution in [3.8, 4) is 0 Å². The average molecular weight is 280 g/mol. The van der Waals surface area contributed by atoms with Gasteiger partial charge in [0.1, 0.15) is 11.6 Å². The molecule has 4 atom stereocenters. The van der Waals surface area contributed by atoms with Crippen molar-refractivity contribution in [2.75, 3.05) is 19.6 Å². The first kappa shape index (κ1) is 14.0. The maximum Gasteiger partial charge on any atom is 0.126 e. The fourth-order valence-electron chi connectivity index (χ4n) is 4.05. The number of likely N-dealkylation sites (tertiary alicyclic amines) is 1. The third-order valence-electron chi connectivity index (χ3n) is 5.04. The van der Waals surface area contributed by atoms with Gasteiger partial charge in [0.05, 0.1) is 0 Å². The Balaban J connectivity index is 1.84. The Morgan fingerprint density at radius 2 is 1.95 bits per heavy atom. The topological polar surface area (TPSA) is 15.3 Å². The highest BCUT2D eigenvalue weighted by molar-refractivity contribution is 5.22. The van der Waals surface area contributed by atoms with E-state index in [0.717, 1.165) is 37.7 Å². The molecule has 20 heavy (non-hydrogen) atoms. The second-order valence-electron chi connectivity index (χ2n) is 6.13. The molecule has 0 saturated carbocycles. The minimum Gasteiger partial charge on any atom is -0.316 e. The van der Waals surface area contributed by atoms with Crippen molar-refractivity contribution in [1.82, 2.24) is 10.2 Å². The molecular weight excluding hydrogens is 258 g/mol. The van der Waals surface area contributed by atoms with E-state index in [-0.39, 0.29) is 6.04 Å². The number of fused-ring (bicyclic) bond motifs is 1. The largest absolute Gasteiger partial charge is 0.316 e. The third-order valence-corrected chi connectivity index (χ3v) is 5.04. The van der Waals surface area contributed by atoms with Crippen LogP contribution in [0, 0.1) is 23.5 Å². The minimum atomic E-state index is -0.485. The van der Waals surface area contributed by atoms with E-state index in [2.05, 4.69) is 24.1 Å². The monoisotopic (exact) mass is 280 g/mol. The first-order valence-corrected chi connectivity index (χ1v) is 7.52. The van der Waals surface area contributed by atoms with E-state index in [9.17, 15) is 8.78 Å². The van der Waals surface area contributed by atoms with Crippen molar-refractivity contribution < 1.29 is 8.78 Å². The second kappa shape index (κ2) is 5.41. The Hall–Kier alpha value is -1.00. The lowest BCUT2D eigenvalue weighted by Crippen LogP contribution is -2.37. The molecule has 1 aromatic carbocycles. The molecule has 0 aromatic heterocycles. The molecule has 2 nitrogen and oxygen atoms in total. The van der Waals surface area contributed by atoms with E-state index in [1.807, 2.05) is 0 Å². The van der Waals surface area contributed by atoms with Crippen molar-refractivity contribution in [2.24, 2.45) is 11.8 Å². The van der Waals surface area contributed by atoms with Crippen molar-refractivity contribution in [2.45, 2.75) is 32.4 Å². The summed E-state index contributed by atoms with van der Waals surface area (Å²) in [7, 11) is 0. The molecule has 4 unspecified atom stereocenters. The van der Waals surface area contributed by atoms with Gasteiger partial charge in [-0.1, -0.05) is 6.92 Å². The van der Waals surface area contributed by atoms with Crippen LogP contribution < -0.4 is 5.32 Å². The molecule has 3 rings (SSSR count). The summed E-state index contributed by atoms with van der Waals surface area (Å²) in [6, 6.07) is 4.45. The molecule has 110 valence electrons. The van der Waals surface area contributed by atoms with E-state index < -0.39 is 11.6 Å². The smallest absolute Gasteiger partial charge is 0.126 e. The summed E-state index contributed by atoms with van der Waals surface area (Å²) in [5.41, 5.74) is 0.744. The molecule has 2 saturated heterocycles. The van der Waals surface area contributed by atoms with Crippen LogP contribution in [-0.2, 0) is 0 Å². The van der Waals surface area contributed by atoms with Gasteiger partial charge in [0, 0.05) is 24.7 Å². The summed E-state index contributed by atoms with van der Waals surface area (Å²) in [6.07, 6.45) is 1.09. The van der Waals surface area contributed by atoms with Gasteiger partial charge < -0.3 is 5.32 Å². The van der Waals surface area contributed by atoms with E-state index in [4.69, 9.17) is 0 Å². The molecule has 2 aliphatic rings. The molecule has 4 heteroatoms. The van der Waals surface area contributed by atoms with Crippen molar-refractivity contribution in [3.05, 3.63) is 35.4 Å². The molecule has 0 spiro atoms. The summed E-state index contributed by atoms with van der Waals surface area (Å²) >= 11 is 0. The summed E-state index contributed by atoms with van der Waals surface area (Å²) in [5.74, 6) is 0.392. The molecule has 2 heterocycles. The number of nitrogens with one attached hydrogen (secondary N) is 1. The quantitative estimate of drug-likeness (QED) is 0.916. The molecular formula is C16H22F2N2. The Bertz CT molecular complexity index is 471. The minimum absolute atomic E-state index is 0.0655. The predicted octanol–water partition coefficient (Wildman–Crippen LogP) is 2.96. The van der Waals surface area contributed by atoms with Crippen molar-refractivity contribution >= 4 is 0 Å².